The van der Waals surface area contributed by atoms with Crippen LogP contribution in [0.4, 0.5) is 5.69 Å². The van der Waals surface area contributed by atoms with E-state index in [4.69, 9.17) is 0 Å². The van der Waals surface area contributed by atoms with Crippen molar-refractivity contribution >= 4 is 11.6 Å². The van der Waals surface area contributed by atoms with Gasteiger partial charge in [0, 0.05) is 17.7 Å². The summed E-state index contributed by atoms with van der Waals surface area (Å²) in [7, 11) is 0. The van der Waals surface area contributed by atoms with Crippen LogP contribution in [0.3, 0.4) is 0 Å². The Balaban J connectivity index is 2.03. The summed E-state index contributed by atoms with van der Waals surface area (Å²) in [6.45, 7) is 3.71. The highest BCUT2D eigenvalue weighted by molar-refractivity contribution is 6.04. The number of hydrogen-bond donors (Lipinski definition) is 2. The summed E-state index contributed by atoms with van der Waals surface area (Å²) in [4.78, 5) is 14.6. The van der Waals surface area contributed by atoms with Crippen LogP contribution in [-0.2, 0) is 11.2 Å². The van der Waals surface area contributed by atoms with Crippen LogP contribution in [0.5, 0.6) is 11.5 Å². The number of fused-ring (bicyclic) bond motifs is 3. The molecular formula is C19H19NO3. The Kier molecular flexibility index (Phi) is 2.92. The average molecular weight is 309 g/mol. The van der Waals surface area contributed by atoms with E-state index in [1.165, 1.54) is 0 Å². The van der Waals surface area contributed by atoms with Crippen molar-refractivity contribution in [1.29, 1.82) is 0 Å². The lowest BCUT2D eigenvalue weighted by Gasteiger charge is -2.23. The number of benzene rings is 2. The van der Waals surface area contributed by atoms with Crippen LogP contribution in [0, 0.1) is 13.8 Å². The number of carbonyl (C=O) groups excluding carboxylic acids is 1. The second-order valence-corrected chi connectivity index (χ2v) is 6.62. The van der Waals surface area contributed by atoms with Gasteiger partial charge < -0.3 is 15.1 Å². The molecule has 0 spiro atoms. The maximum atomic E-state index is 12.8. The zero-order valence-corrected chi connectivity index (χ0v) is 13.3. The molecule has 118 valence electrons. The highest BCUT2D eigenvalue weighted by Crippen LogP contribution is 2.45. The maximum absolute atomic E-state index is 12.8. The molecule has 4 heteroatoms. The lowest BCUT2D eigenvalue weighted by atomic mass is 9.94. The molecule has 1 aliphatic heterocycles. The van der Waals surface area contributed by atoms with Crippen molar-refractivity contribution in [3.05, 3.63) is 41.0 Å². The van der Waals surface area contributed by atoms with Gasteiger partial charge >= 0.3 is 0 Å². The number of anilines is 1. The van der Waals surface area contributed by atoms with Gasteiger partial charge in [0.05, 0.1) is 12.1 Å². The number of rotatable bonds is 1. The molecule has 0 unspecified atom stereocenters. The molecule has 4 rings (SSSR count). The minimum Gasteiger partial charge on any atom is -0.508 e. The third kappa shape index (κ3) is 2.17. The van der Waals surface area contributed by atoms with E-state index in [-0.39, 0.29) is 29.9 Å². The fourth-order valence-electron chi connectivity index (χ4n) is 3.35. The summed E-state index contributed by atoms with van der Waals surface area (Å²) in [6, 6.07) is 7.51. The van der Waals surface area contributed by atoms with Crippen molar-refractivity contribution in [3.8, 4) is 22.6 Å². The molecule has 2 aromatic rings. The quantitative estimate of drug-likeness (QED) is 0.848. The summed E-state index contributed by atoms with van der Waals surface area (Å²) in [6.07, 6.45) is 2.27. The molecule has 0 bridgehead atoms. The SMILES string of the molecule is Cc1cc2c(cc1O)CC(=O)N(C1CC1)c1cc(O)c(C)cc1-2. The molecule has 1 fully saturated rings. The Morgan fingerprint density at radius 3 is 2.22 bits per heavy atom. The molecule has 0 saturated heterocycles. The van der Waals surface area contributed by atoms with E-state index in [9.17, 15) is 15.0 Å². The molecule has 1 aliphatic carbocycles. The molecule has 0 atom stereocenters. The molecule has 1 amide bonds. The van der Waals surface area contributed by atoms with E-state index in [2.05, 4.69) is 0 Å². The number of amides is 1. The van der Waals surface area contributed by atoms with Crippen LogP contribution in [0.15, 0.2) is 24.3 Å². The lowest BCUT2D eigenvalue weighted by Crippen LogP contribution is -2.33. The number of aryl methyl sites for hydroxylation is 2. The van der Waals surface area contributed by atoms with Gasteiger partial charge in [-0.1, -0.05) is 0 Å². The molecule has 0 aromatic heterocycles. The van der Waals surface area contributed by atoms with Crippen molar-refractivity contribution < 1.29 is 15.0 Å². The number of phenols is 2. The van der Waals surface area contributed by atoms with E-state index < -0.39 is 0 Å². The Morgan fingerprint density at radius 1 is 0.957 bits per heavy atom. The molecule has 1 saturated carbocycles. The van der Waals surface area contributed by atoms with Gasteiger partial charge in [-0.25, -0.2) is 0 Å². The maximum Gasteiger partial charge on any atom is 0.231 e. The predicted molar refractivity (Wildman–Crippen MR) is 88.9 cm³/mol. The Labute approximate surface area is 135 Å². The normalized spacial score (nSPS) is 16.8. The van der Waals surface area contributed by atoms with Crippen molar-refractivity contribution in [2.24, 2.45) is 0 Å². The Hall–Kier alpha value is -2.49. The van der Waals surface area contributed by atoms with E-state index in [0.717, 1.165) is 46.3 Å². The number of phenolic OH excluding ortho intramolecular Hbond substituents is 2. The first-order chi connectivity index (χ1) is 11.0. The molecule has 2 N–H and O–H groups in total. The molecule has 2 aliphatic rings. The number of aromatic hydroxyl groups is 2. The predicted octanol–water partition coefficient (Wildman–Crippen LogP) is 3.43. The molecule has 0 radical (unpaired) electrons. The van der Waals surface area contributed by atoms with Gasteiger partial charge in [0.1, 0.15) is 11.5 Å². The van der Waals surface area contributed by atoms with Crippen LogP contribution in [0.1, 0.15) is 29.5 Å². The second-order valence-electron chi connectivity index (χ2n) is 6.62. The average Bonchev–Trinajstić information content (AvgIpc) is 3.31. The van der Waals surface area contributed by atoms with Gasteiger partial charge in [-0.2, -0.15) is 0 Å². The monoisotopic (exact) mass is 309 g/mol. The zero-order chi connectivity index (χ0) is 16.3. The van der Waals surface area contributed by atoms with E-state index in [1.54, 1.807) is 12.1 Å². The second kappa shape index (κ2) is 4.75. The van der Waals surface area contributed by atoms with Gasteiger partial charge in [0.2, 0.25) is 5.91 Å². The summed E-state index contributed by atoms with van der Waals surface area (Å²) in [5.41, 5.74) is 5.11. The molecule has 23 heavy (non-hydrogen) atoms. The van der Waals surface area contributed by atoms with Crippen molar-refractivity contribution in [3.63, 3.8) is 0 Å². The minimum absolute atomic E-state index is 0.0269. The van der Waals surface area contributed by atoms with Gasteiger partial charge in [0.25, 0.3) is 0 Å². The van der Waals surface area contributed by atoms with Crippen molar-refractivity contribution in [2.75, 3.05) is 4.90 Å². The van der Waals surface area contributed by atoms with Crippen LogP contribution >= 0.6 is 0 Å². The smallest absolute Gasteiger partial charge is 0.231 e. The number of carbonyl (C=O) groups is 1. The first kappa shape index (κ1) is 14.1. The Bertz CT molecular complexity index is 837. The van der Waals surface area contributed by atoms with Gasteiger partial charge in [-0.15, -0.1) is 0 Å². The first-order valence-electron chi connectivity index (χ1n) is 7.94. The van der Waals surface area contributed by atoms with Gasteiger partial charge in [0.15, 0.2) is 0 Å². The van der Waals surface area contributed by atoms with Crippen LogP contribution < -0.4 is 4.90 Å². The first-order valence-corrected chi connectivity index (χ1v) is 7.94. The molecule has 2 aromatic carbocycles. The van der Waals surface area contributed by atoms with Crippen LogP contribution in [0.2, 0.25) is 0 Å². The zero-order valence-electron chi connectivity index (χ0n) is 13.3. The summed E-state index contributed by atoms with van der Waals surface area (Å²) in [5, 5.41) is 20.2. The third-order valence-corrected chi connectivity index (χ3v) is 4.81. The number of nitrogens with zero attached hydrogens (tertiary/aromatic N) is 1. The fourth-order valence-corrected chi connectivity index (χ4v) is 3.35. The lowest BCUT2D eigenvalue weighted by molar-refractivity contribution is -0.118. The van der Waals surface area contributed by atoms with E-state index >= 15 is 0 Å². The largest absolute Gasteiger partial charge is 0.508 e. The highest BCUT2D eigenvalue weighted by Gasteiger charge is 2.37. The number of hydrogen-bond acceptors (Lipinski definition) is 3. The summed E-state index contributed by atoms with van der Waals surface area (Å²) in [5.74, 6) is 0.452. The fraction of sp³-hybridized carbons (Fsp3) is 0.316. The van der Waals surface area contributed by atoms with Crippen LogP contribution in [-0.4, -0.2) is 22.2 Å². The standard InChI is InChI=1S/C19H19NO3/c1-10-5-14-12(7-17(10)21)8-19(23)20(13-3-4-13)16-9-18(22)11(2)6-15(14)16/h5-7,9,13,21-22H,3-4,8H2,1-2H3. The molecule has 4 nitrogen and oxygen atoms in total. The third-order valence-electron chi connectivity index (χ3n) is 4.81. The van der Waals surface area contributed by atoms with Gasteiger partial charge in [-0.3, -0.25) is 4.79 Å². The Morgan fingerprint density at radius 2 is 1.57 bits per heavy atom. The van der Waals surface area contributed by atoms with Crippen molar-refractivity contribution in [1.82, 2.24) is 0 Å². The molecular weight excluding hydrogens is 290 g/mol. The van der Waals surface area contributed by atoms with Crippen LogP contribution in [0.25, 0.3) is 11.1 Å². The highest BCUT2D eigenvalue weighted by atomic mass is 16.3. The summed E-state index contributed by atoms with van der Waals surface area (Å²) >= 11 is 0. The van der Waals surface area contributed by atoms with E-state index in [0.29, 0.717) is 0 Å². The summed E-state index contributed by atoms with van der Waals surface area (Å²) < 4.78 is 0. The topological polar surface area (TPSA) is 60.8 Å². The van der Waals surface area contributed by atoms with E-state index in [1.807, 2.05) is 30.9 Å². The van der Waals surface area contributed by atoms with Crippen molar-refractivity contribution in [2.45, 2.75) is 39.2 Å². The minimum atomic E-state index is 0.0269. The molecule has 1 heterocycles. The van der Waals surface area contributed by atoms with Gasteiger partial charge in [-0.05, 0) is 67.1 Å².